The molecule has 0 saturated heterocycles. The Morgan fingerprint density at radius 1 is 1.47 bits per heavy atom. The third-order valence-electron chi connectivity index (χ3n) is 3.19. The van der Waals surface area contributed by atoms with E-state index in [-0.39, 0.29) is 11.9 Å². The molecular weight excluding hydrogens is 264 g/mol. The number of rotatable bonds is 3. The van der Waals surface area contributed by atoms with Gasteiger partial charge >= 0.3 is 6.01 Å². The Balaban J connectivity index is 1.78. The van der Waals surface area contributed by atoms with E-state index in [4.69, 9.17) is 4.74 Å². The standard InChI is InChI=1S/C12H14N4O2S/c1-18-12-14-11(15-16-12)13-10(17)8-6-19-9-5-3-2-4-7(8)9/h6H,2-5H2,1H3,(H2,13,14,15,16,17). The summed E-state index contributed by atoms with van der Waals surface area (Å²) in [6.07, 6.45) is 4.44. The molecule has 3 rings (SSSR count). The number of thiophene rings is 1. The van der Waals surface area contributed by atoms with Crippen molar-refractivity contribution in [3.8, 4) is 6.01 Å². The zero-order valence-electron chi connectivity index (χ0n) is 10.5. The second kappa shape index (κ2) is 5.00. The molecule has 2 N–H and O–H groups in total. The number of hydrogen-bond donors (Lipinski definition) is 2. The first kappa shape index (κ1) is 12.2. The third kappa shape index (κ3) is 2.33. The summed E-state index contributed by atoms with van der Waals surface area (Å²) in [4.78, 5) is 17.5. The number of ether oxygens (including phenoxy) is 1. The van der Waals surface area contributed by atoms with Crippen molar-refractivity contribution in [1.82, 2.24) is 15.2 Å². The summed E-state index contributed by atoms with van der Waals surface area (Å²) >= 11 is 1.67. The van der Waals surface area contributed by atoms with E-state index in [2.05, 4.69) is 20.5 Å². The predicted molar refractivity (Wildman–Crippen MR) is 71.8 cm³/mol. The lowest BCUT2D eigenvalue weighted by atomic mass is 9.96. The Morgan fingerprint density at radius 2 is 2.32 bits per heavy atom. The molecule has 0 spiro atoms. The van der Waals surface area contributed by atoms with Crippen LogP contribution >= 0.6 is 11.3 Å². The molecule has 1 aliphatic carbocycles. The highest BCUT2D eigenvalue weighted by Crippen LogP contribution is 2.30. The fraction of sp³-hybridized carbons (Fsp3) is 0.417. The van der Waals surface area contributed by atoms with Crippen molar-refractivity contribution >= 4 is 23.2 Å². The molecular formula is C12H14N4O2S. The average molecular weight is 278 g/mol. The number of methoxy groups -OCH3 is 1. The van der Waals surface area contributed by atoms with Gasteiger partial charge in [0, 0.05) is 10.3 Å². The summed E-state index contributed by atoms with van der Waals surface area (Å²) in [5.41, 5.74) is 1.95. The zero-order chi connectivity index (χ0) is 13.2. The van der Waals surface area contributed by atoms with Crippen LogP contribution in [0.1, 0.15) is 33.6 Å². The molecule has 1 aliphatic rings. The number of H-pyrrole nitrogens is 1. The van der Waals surface area contributed by atoms with Gasteiger partial charge in [0.1, 0.15) is 0 Å². The van der Waals surface area contributed by atoms with Gasteiger partial charge in [0.2, 0.25) is 5.95 Å². The smallest absolute Gasteiger partial charge is 0.336 e. The highest BCUT2D eigenvalue weighted by molar-refractivity contribution is 7.10. The summed E-state index contributed by atoms with van der Waals surface area (Å²) in [7, 11) is 1.48. The zero-order valence-corrected chi connectivity index (χ0v) is 11.3. The van der Waals surface area contributed by atoms with Crippen molar-refractivity contribution in [1.29, 1.82) is 0 Å². The van der Waals surface area contributed by atoms with Crippen LogP contribution < -0.4 is 10.1 Å². The molecule has 0 saturated carbocycles. The van der Waals surface area contributed by atoms with Crippen LogP contribution in [0, 0.1) is 0 Å². The van der Waals surface area contributed by atoms with Crippen molar-refractivity contribution in [3.05, 3.63) is 21.4 Å². The number of aromatic amines is 1. The van der Waals surface area contributed by atoms with E-state index in [0.29, 0.717) is 5.95 Å². The van der Waals surface area contributed by atoms with Crippen molar-refractivity contribution in [2.24, 2.45) is 0 Å². The van der Waals surface area contributed by atoms with E-state index in [0.717, 1.165) is 24.8 Å². The number of carbonyl (C=O) groups excluding carboxylic acids is 1. The number of fused-ring (bicyclic) bond motifs is 1. The van der Waals surface area contributed by atoms with E-state index >= 15 is 0 Å². The van der Waals surface area contributed by atoms with Crippen molar-refractivity contribution in [3.63, 3.8) is 0 Å². The Morgan fingerprint density at radius 3 is 3.11 bits per heavy atom. The summed E-state index contributed by atoms with van der Waals surface area (Å²) in [5.74, 6) is 0.163. The van der Waals surface area contributed by atoms with E-state index in [9.17, 15) is 4.79 Å². The highest BCUT2D eigenvalue weighted by atomic mass is 32.1. The van der Waals surface area contributed by atoms with Gasteiger partial charge in [-0.1, -0.05) is 0 Å². The molecule has 0 aromatic carbocycles. The first-order valence-corrected chi connectivity index (χ1v) is 7.03. The molecule has 0 aliphatic heterocycles. The number of carbonyl (C=O) groups is 1. The molecule has 1 amide bonds. The van der Waals surface area contributed by atoms with Gasteiger partial charge in [-0.25, -0.2) is 5.10 Å². The van der Waals surface area contributed by atoms with Crippen LogP contribution in [0.3, 0.4) is 0 Å². The molecule has 0 unspecified atom stereocenters. The Hall–Kier alpha value is -1.89. The van der Waals surface area contributed by atoms with Crippen LogP contribution in [0.4, 0.5) is 5.95 Å². The SMILES string of the molecule is COc1n[nH]c(NC(=O)c2csc3c2CCCC3)n1. The lowest BCUT2D eigenvalue weighted by Crippen LogP contribution is -2.15. The normalized spacial score (nSPS) is 13.9. The Bertz CT molecular complexity index is 605. The van der Waals surface area contributed by atoms with Crippen LogP contribution in [-0.2, 0) is 12.8 Å². The van der Waals surface area contributed by atoms with Gasteiger partial charge in [-0.15, -0.1) is 16.4 Å². The second-order valence-corrected chi connectivity index (χ2v) is 5.35. The van der Waals surface area contributed by atoms with Gasteiger partial charge in [-0.05, 0) is 31.2 Å². The molecule has 0 radical (unpaired) electrons. The maximum absolute atomic E-state index is 12.2. The number of nitrogens with one attached hydrogen (secondary N) is 2. The van der Waals surface area contributed by atoms with Crippen LogP contribution in [0.25, 0.3) is 0 Å². The monoisotopic (exact) mass is 278 g/mol. The molecule has 7 heteroatoms. The van der Waals surface area contributed by atoms with E-state index in [1.165, 1.54) is 24.0 Å². The molecule has 100 valence electrons. The number of aryl methyl sites for hydroxylation is 1. The van der Waals surface area contributed by atoms with Gasteiger partial charge in [0.25, 0.3) is 5.91 Å². The fourth-order valence-corrected chi connectivity index (χ4v) is 3.38. The number of amides is 1. The molecule has 19 heavy (non-hydrogen) atoms. The summed E-state index contributed by atoms with van der Waals surface area (Å²) < 4.78 is 4.85. The topological polar surface area (TPSA) is 79.9 Å². The maximum Gasteiger partial charge on any atom is 0.336 e. The lowest BCUT2D eigenvalue weighted by Gasteiger charge is -2.12. The van der Waals surface area contributed by atoms with E-state index < -0.39 is 0 Å². The quantitative estimate of drug-likeness (QED) is 0.900. The first-order chi connectivity index (χ1) is 9.28. The van der Waals surface area contributed by atoms with Crippen molar-refractivity contribution in [2.75, 3.05) is 12.4 Å². The number of aromatic nitrogens is 3. The molecule has 2 aromatic heterocycles. The minimum Gasteiger partial charge on any atom is -0.466 e. The Kier molecular flexibility index (Phi) is 3.20. The number of hydrogen-bond acceptors (Lipinski definition) is 5. The maximum atomic E-state index is 12.2. The largest absolute Gasteiger partial charge is 0.466 e. The third-order valence-corrected chi connectivity index (χ3v) is 4.27. The van der Waals surface area contributed by atoms with Gasteiger partial charge in [0.05, 0.1) is 12.7 Å². The molecule has 6 nitrogen and oxygen atoms in total. The lowest BCUT2D eigenvalue weighted by molar-refractivity contribution is 0.102. The summed E-state index contributed by atoms with van der Waals surface area (Å²) in [6.45, 7) is 0. The van der Waals surface area contributed by atoms with Gasteiger partial charge in [0.15, 0.2) is 0 Å². The van der Waals surface area contributed by atoms with Gasteiger partial charge < -0.3 is 4.74 Å². The number of nitrogens with zero attached hydrogens (tertiary/aromatic N) is 2. The van der Waals surface area contributed by atoms with Crippen LogP contribution in [0.15, 0.2) is 5.38 Å². The van der Waals surface area contributed by atoms with Crippen LogP contribution in [0.5, 0.6) is 6.01 Å². The van der Waals surface area contributed by atoms with Gasteiger partial charge in [-0.3, -0.25) is 10.1 Å². The Labute approximate surface area is 114 Å². The van der Waals surface area contributed by atoms with Crippen molar-refractivity contribution < 1.29 is 9.53 Å². The average Bonchev–Trinajstić information content (AvgIpc) is 3.04. The molecule has 0 atom stereocenters. The van der Waals surface area contributed by atoms with Crippen LogP contribution in [-0.4, -0.2) is 28.2 Å². The summed E-state index contributed by atoms with van der Waals surface area (Å²) in [6, 6.07) is 0.211. The van der Waals surface area contributed by atoms with Crippen molar-refractivity contribution in [2.45, 2.75) is 25.7 Å². The predicted octanol–water partition coefficient (Wildman–Crippen LogP) is 2.01. The summed E-state index contributed by atoms with van der Waals surface area (Å²) in [5, 5.41) is 11.0. The molecule has 0 fully saturated rings. The molecule has 2 heterocycles. The molecule has 2 aromatic rings. The molecule has 0 bridgehead atoms. The fourth-order valence-electron chi connectivity index (χ4n) is 2.25. The van der Waals surface area contributed by atoms with E-state index in [1.807, 2.05) is 5.38 Å². The number of anilines is 1. The highest BCUT2D eigenvalue weighted by Gasteiger charge is 2.20. The van der Waals surface area contributed by atoms with E-state index in [1.54, 1.807) is 11.3 Å². The second-order valence-electron chi connectivity index (χ2n) is 4.38. The van der Waals surface area contributed by atoms with Crippen LogP contribution in [0.2, 0.25) is 0 Å². The minimum absolute atomic E-state index is 0.141. The minimum atomic E-state index is -0.141. The first-order valence-electron chi connectivity index (χ1n) is 6.15. The van der Waals surface area contributed by atoms with Gasteiger partial charge in [-0.2, -0.15) is 4.98 Å².